The van der Waals surface area contributed by atoms with E-state index in [0.717, 1.165) is 5.56 Å². The molecule has 0 unspecified atom stereocenters. The topological polar surface area (TPSA) is 92.3 Å². The molecular formula is C22H25NO7. The average molecular weight is 415 g/mol. The van der Waals surface area contributed by atoms with Gasteiger partial charge in [-0.25, -0.2) is 4.79 Å². The summed E-state index contributed by atoms with van der Waals surface area (Å²) in [6.07, 6.45) is 1.60. The van der Waals surface area contributed by atoms with E-state index >= 15 is 0 Å². The Labute approximate surface area is 175 Å². The van der Waals surface area contributed by atoms with Crippen LogP contribution in [-0.4, -0.2) is 46.4 Å². The van der Waals surface area contributed by atoms with Crippen LogP contribution in [0.25, 0.3) is 0 Å². The first kappa shape index (κ1) is 22.6. The summed E-state index contributed by atoms with van der Waals surface area (Å²) in [4.78, 5) is 24.3. The third-order valence-corrected chi connectivity index (χ3v) is 4.03. The molecule has 0 spiro atoms. The Morgan fingerprint density at radius 2 is 1.60 bits per heavy atom. The van der Waals surface area contributed by atoms with Gasteiger partial charge in [-0.1, -0.05) is 18.7 Å². The summed E-state index contributed by atoms with van der Waals surface area (Å²) in [6.45, 7) is 3.72. The molecule has 0 aliphatic heterocycles. The summed E-state index contributed by atoms with van der Waals surface area (Å²) in [5, 5.41) is 2.68. The molecule has 160 valence electrons. The Balaban J connectivity index is 1.88. The first-order valence-corrected chi connectivity index (χ1v) is 9.08. The van der Waals surface area contributed by atoms with Gasteiger partial charge < -0.3 is 29.0 Å². The lowest BCUT2D eigenvalue weighted by molar-refractivity contribution is -0.124. The van der Waals surface area contributed by atoms with Gasteiger partial charge in [-0.3, -0.25) is 4.79 Å². The van der Waals surface area contributed by atoms with E-state index in [0.29, 0.717) is 29.6 Å². The largest absolute Gasteiger partial charge is 0.493 e. The van der Waals surface area contributed by atoms with Crippen molar-refractivity contribution in [3.63, 3.8) is 0 Å². The number of methoxy groups -OCH3 is 3. The quantitative estimate of drug-likeness (QED) is 0.446. The SMILES string of the molecule is C=CCOc1ccc(C(=O)OCC(=O)NCc2ccc(OC)c(OC)c2)cc1OC. The van der Waals surface area contributed by atoms with Crippen LogP contribution >= 0.6 is 0 Å². The summed E-state index contributed by atoms with van der Waals surface area (Å²) in [7, 11) is 4.55. The highest BCUT2D eigenvalue weighted by molar-refractivity contribution is 5.92. The van der Waals surface area contributed by atoms with Crippen molar-refractivity contribution in [1.29, 1.82) is 0 Å². The average Bonchev–Trinajstić information content (AvgIpc) is 2.79. The minimum Gasteiger partial charge on any atom is -0.493 e. The number of hydrogen-bond acceptors (Lipinski definition) is 7. The first-order chi connectivity index (χ1) is 14.5. The number of amides is 1. The normalized spacial score (nSPS) is 9.97. The van der Waals surface area contributed by atoms with Crippen molar-refractivity contribution >= 4 is 11.9 Å². The van der Waals surface area contributed by atoms with Crippen LogP contribution in [0.3, 0.4) is 0 Å². The zero-order valence-electron chi connectivity index (χ0n) is 17.2. The summed E-state index contributed by atoms with van der Waals surface area (Å²) in [5.74, 6) is 0.926. The summed E-state index contributed by atoms with van der Waals surface area (Å²) in [5.41, 5.74) is 1.05. The van der Waals surface area contributed by atoms with E-state index in [1.165, 1.54) is 26.4 Å². The molecule has 0 atom stereocenters. The van der Waals surface area contributed by atoms with E-state index in [-0.39, 0.29) is 12.1 Å². The van der Waals surface area contributed by atoms with Crippen molar-refractivity contribution in [3.8, 4) is 23.0 Å². The van der Waals surface area contributed by atoms with E-state index in [4.69, 9.17) is 23.7 Å². The van der Waals surface area contributed by atoms with Gasteiger partial charge in [0.2, 0.25) is 0 Å². The van der Waals surface area contributed by atoms with Gasteiger partial charge in [-0.05, 0) is 35.9 Å². The van der Waals surface area contributed by atoms with Crippen LogP contribution in [0.1, 0.15) is 15.9 Å². The van der Waals surface area contributed by atoms with Crippen LogP contribution in [0.4, 0.5) is 0 Å². The van der Waals surface area contributed by atoms with Crippen LogP contribution in [0.5, 0.6) is 23.0 Å². The standard InChI is InChI=1S/C22H25NO7/c1-5-10-29-18-9-7-16(12-20(18)28-4)22(25)30-14-21(24)23-13-15-6-8-17(26-2)19(11-15)27-3/h5-9,11-12H,1,10,13-14H2,2-4H3,(H,23,24). The molecule has 0 saturated carbocycles. The third kappa shape index (κ3) is 6.16. The van der Waals surface area contributed by atoms with E-state index in [1.807, 2.05) is 0 Å². The fourth-order valence-electron chi connectivity index (χ4n) is 2.52. The number of ether oxygens (including phenoxy) is 5. The van der Waals surface area contributed by atoms with E-state index in [1.54, 1.807) is 37.5 Å². The van der Waals surface area contributed by atoms with Gasteiger partial charge >= 0.3 is 5.97 Å². The summed E-state index contributed by atoms with van der Waals surface area (Å²) in [6, 6.07) is 9.92. The Bertz CT molecular complexity index is 895. The molecule has 2 aromatic rings. The Kier molecular flexibility index (Phi) is 8.56. The summed E-state index contributed by atoms with van der Waals surface area (Å²) < 4.78 is 26.1. The predicted molar refractivity (Wildman–Crippen MR) is 110 cm³/mol. The Hall–Kier alpha value is -3.68. The van der Waals surface area contributed by atoms with Gasteiger partial charge in [-0.15, -0.1) is 0 Å². The van der Waals surface area contributed by atoms with Gasteiger partial charge in [0.1, 0.15) is 6.61 Å². The fraction of sp³-hybridized carbons (Fsp3) is 0.273. The number of carbonyl (C=O) groups is 2. The van der Waals surface area contributed by atoms with E-state index in [9.17, 15) is 9.59 Å². The molecule has 1 amide bonds. The minimum atomic E-state index is -0.648. The van der Waals surface area contributed by atoms with Crippen molar-refractivity contribution in [2.75, 3.05) is 34.5 Å². The summed E-state index contributed by atoms with van der Waals surface area (Å²) >= 11 is 0. The first-order valence-electron chi connectivity index (χ1n) is 9.08. The van der Waals surface area contributed by atoms with Gasteiger partial charge in [0, 0.05) is 6.54 Å². The molecule has 2 rings (SSSR count). The lowest BCUT2D eigenvalue weighted by Crippen LogP contribution is -2.28. The van der Waals surface area contributed by atoms with Crippen molar-refractivity contribution < 1.29 is 33.3 Å². The second-order valence-electron chi connectivity index (χ2n) is 6.01. The van der Waals surface area contributed by atoms with Crippen LogP contribution in [0.15, 0.2) is 49.1 Å². The monoisotopic (exact) mass is 415 g/mol. The van der Waals surface area contributed by atoms with Crippen molar-refractivity contribution in [1.82, 2.24) is 5.32 Å². The molecule has 0 aromatic heterocycles. The highest BCUT2D eigenvalue weighted by atomic mass is 16.5. The minimum absolute atomic E-state index is 0.241. The zero-order valence-corrected chi connectivity index (χ0v) is 17.2. The molecule has 1 N–H and O–H groups in total. The number of nitrogens with one attached hydrogen (secondary N) is 1. The Morgan fingerprint density at radius 3 is 2.27 bits per heavy atom. The molecule has 8 heteroatoms. The second kappa shape index (κ2) is 11.4. The van der Waals surface area contributed by atoms with Crippen molar-refractivity contribution in [3.05, 3.63) is 60.2 Å². The maximum absolute atomic E-state index is 12.2. The van der Waals surface area contributed by atoms with Crippen molar-refractivity contribution in [2.45, 2.75) is 6.54 Å². The van der Waals surface area contributed by atoms with E-state index in [2.05, 4.69) is 11.9 Å². The number of hydrogen-bond donors (Lipinski definition) is 1. The maximum atomic E-state index is 12.2. The lowest BCUT2D eigenvalue weighted by atomic mass is 10.2. The number of benzene rings is 2. The highest BCUT2D eigenvalue weighted by Crippen LogP contribution is 2.29. The smallest absolute Gasteiger partial charge is 0.338 e. The molecule has 0 saturated heterocycles. The predicted octanol–water partition coefficient (Wildman–Crippen LogP) is 2.75. The fourth-order valence-corrected chi connectivity index (χ4v) is 2.52. The van der Waals surface area contributed by atoms with Gasteiger partial charge in [0.15, 0.2) is 29.6 Å². The molecular weight excluding hydrogens is 390 g/mol. The van der Waals surface area contributed by atoms with E-state index < -0.39 is 18.5 Å². The lowest BCUT2D eigenvalue weighted by Gasteiger charge is -2.12. The zero-order chi connectivity index (χ0) is 21.9. The maximum Gasteiger partial charge on any atom is 0.338 e. The second-order valence-corrected chi connectivity index (χ2v) is 6.01. The number of carbonyl (C=O) groups excluding carboxylic acids is 2. The highest BCUT2D eigenvalue weighted by Gasteiger charge is 2.14. The molecule has 0 fully saturated rings. The molecule has 0 aliphatic carbocycles. The molecule has 0 radical (unpaired) electrons. The van der Waals surface area contributed by atoms with Crippen LogP contribution in [0.2, 0.25) is 0 Å². The van der Waals surface area contributed by atoms with Crippen LogP contribution in [0, 0.1) is 0 Å². The van der Waals surface area contributed by atoms with Gasteiger partial charge in [-0.2, -0.15) is 0 Å². The third-order valence-electron chi connectivity index (χ3n) is 4.03. The molecule has 2 aromatic carbocycles. The molecule has 30 heavy (non-hydrogen) atoms. The Morgan fingerprint density at radius 1 is 0.933 bits per heavy atom. The molecule has 0 bridgehead atoms. The molecule has 0 aliphatic rings. The van der Waals surface area contributed by atoms with Crippen LogP contribution in [-0.2, 0) is 16.1 Å². The van der Waals surface area contributed by atoms with Crippen LogP contribution < -0.4 is 24.3 Å². The molecule has 0 heterocycles. The van der Waals surface area contributed by atoms with Crippen molar-refractivity contribution in [2.24, 2.45) is 0 Å². The van der Waals surface area contributed by atoms with Gasteiger partial charge in [0.25, 0.3) is 5.91 Å². The number of esters is 1. The molecule has 8 nitrogen and oxygen atoms in total. The van der Waals surface area contributed by atoms with Gasteiger partial charge in [0.05, 0.1) is 26.9 Å². The number of rotatable bonds is 11.